The number of nitrogens with two attached hydrogens (primary N) is 1. The standard InChI is InChI=1S/C18H26N2O/c1-13-7-9-15(10-8-13)20(2)12-16(19)18-11-14-5-3-4-6-17(14)21-18/h3-6,11,13,15-16H,7-10,12,19H2,1-2H3. The van der Waals surface area contributed by atoms with Crippen LogP contribution in [0.15, 0.2) is 34.7 Å². The second kappa shape index (κ2) is 6.20. The van der Waals surface area contributed by atoms with E-state index in [2.05, 4.69) is 31.0 Å². The van der Waals surface area contributed by atoms with Gasteiger partial charge in [0, 0.05) is 18.0 Å². The Morgan fingerprint density at radius 1 is 1.24 bits per heavy atom. The Balaban J connectivity index is 1.63. The molecule has 2 aromatic rings. The van der Waals surface area contributed by atoms with E-state index >= 15 is 0 Å². The number of furan rings is 1. The molecule has 21 heavy (non-hydrogen) atoms. The summed E-state index contributed by atoms with van der Waals surface area (Å²) < 4.78 is 5.88. The van der Waals surface area contributed by atoms with Gasteiger partial charge in [-0.3, -0.25) is 0 Å². The summed E-state index contributed by atoms with van der Waals surface area (Å²) in [6, 6.07) is 10.8. The molecule has 0 amide bonds. The smallest absolute Gasteiger partial charge is 0.134 e. The minimum Gasteiger partial charge on any atom is -0.459 e. The molecule has 1 aliphatic carbocycles. The largest absolute Gasteiger partial charge is 0.459 e. The lowest BCUT2D eigenvalue weighted by Crippen LogP contribution is -2.39. The summed E-state index contributed by atoms with van der Waals surface area (Å²) in [6.07, 6.45) is 5.28. The molecule has 3 nitrogen and oxygen atoms in total. The topological polar surface area (TPSA) is 42.4 Å². The Morgan fingerprint density at radius 2 is 1.95 bits per heavy atom. The molecule has 1 unspecified atom stereocenters. The number of fused-ring (bicyclic) bond motifs is 1. The molecular formula is C18H26N2O. The molecule has 1 heterocycles. The first-order valence-electron chi connectivity index (χ1n) is 8.08. The third-order valence-corrected chi connectivity index (χ3v) is 4.90. The Kier molecular flexibility index (Phi) is 4.32. The monoisotopic (exact) mass is 286 g/mol. The van der Waals surface area contributed by atoms with E-state index in [-0.39, 0.29) is 6.04 Å². The molecule has 0 spiro atoms. The van der Waals surface area contributed by atoms with Gasteiger partial charge in [0.1, 0.15) is 11.3 Å². The third-order valence-electron chi connectivity index (χ3n) is 4.90. The van der Waals surface area contributed by atoms with E-state index in [9.17, 15) is 0 Å². The first kappa shape index (κ1) is 14.6. The summed E-state index contributed by atoms with van der Waals surface area (Å²) in [5.74, 6) is 1.78. The zero-order chi connectivity index (χ0) is 14.8. The van der Waals surface area contributed by atoms with E-state index in [0.717, 1.165) is 29.2 Å². The van der Waals surface area contributed by atoms with E-state index in [0.29, 0.717) is 6.04 Å². The molecule has 0 saturated heterocycles. The van der Waals surface area contributed by atoms with Gasteiger partial charge in [0.25, 0.3) is 0 Å². The number of rotatable bonds is 4. The normalized spacial score (nSPS) is 24.6. The van der Waals surface area contributed by atoms with Crippen molar-refractivity contribution in [2.24, 2.45) is 11.7 Å². The molecule has 0 bridgehead atoms. The predicted octanol–water partition coefficient (Wildman–Crippen LogP) is 3.94. The molecule has 1 saturated carbocycles. The van der Waals surface area contributed by atoms with Crippen LogP contribution in [0.2, 0.25) is 0 Å². The molecule has 3 rings (SSSR count). The van der Waals surface area contributed by atoms with Crippen LogP contribution in [0.3, 0.4) is 0 Å². The average molecular weight is 286 g/mol. The van der Waals surface area contributed by atoms with Crippen LogP contribution in [0, 0.1) is 5.92 Å². The summed E-state index contributed by atoms with van der Waals surface area (Å²) >= 11 is 0. The number of para-hydroxylation sites is 1. The summed E-state index contributed by atoms with van der Waals surface area (Å²) in [5, 5.41) is 1.14. The average Bonchev–Trinajstić information content (AvgIpc) is 2.92. The SMILES string of the molecule is CC1CCC(N(C)CC(N)c2cc3ccccc3o2)CC1. The van der Waals surface area contributed by atoms with Gasteiger partial charge in [0.05, 0.1) is 6.04 Å². The van der Waals surface area contributed by atoms with E-state index in [1.54, 1.807) is 0 Å². The van der Waals surface area contributed by atoms with Gasteiger partial charge in [-0.15, -0.1) is 0 Å². The maximum absolute atomic E-state index is 6.36. The molecule has 2 N–H and O–H groups in total. The molecule has 114 valence electrons. The van der Waals surface area contributed by atoms with Crippen molar-refractivity contribution in [1.29, 1.82) is 0 Å². The van der Waals surface area contributed by atoms with E-state index in [1.807, 2.05) is 18.2 Å². The van der Waals surface area contributed by atoms with Gasteiger partial charge in [0.2, 0.25) is 0 Å². The zero-order valence-electron chi connectivity index (χ0n) is 13.1. The highest BCUT2D eigenvalue weighted by Crippen LogP contribution is 2.28. The fourth-order valence-electron chi connectivity index (χ4n) is 3.42. The van der Waals surface area contributed by atoms with Crippen molar-refractivity contribution in [3.05, 3.63) is 36.1 Å². The quantitative estimate of drug-likeness (QED) is 0.925. The predicted molar refractivity (Wildman–Crippen MR) is 87.2 cm³/mol. The molecule has 1 aliphatic rings. The van der Waals surface area contributed by atoms with Gasteiger partial charge in [-0.25, -0.2) is 0 Å². The van der Waals surface area contributed by atoms with Crippen molar-refractivity contribution < 1.29 is 4.42 Å². The zero-order valence-corrected chi connectivity index (χ0v) is 13.1. The van der Waals surface area contributed by atoms with Crippen LogP contribution in [0.1, 0.15) is 44.4 Å². The van der Waals surface area contributed by atoms with Crippen LogP contribution < -0.4 is 5.73 Å². The van der Waals surface area contributed by atoms with Crippen molar-refractivity contribution >= 4 is 11.0 Å². The molecule has 3 heteroatoms. The highest BCUT2D eigenvalue weighted by Gasteiger charge is 2.24. The van der Waals surface area contributed by atoms with Crippen LogP contribution in [-0.2, 0) is 0 Å². The highest BCUT2D eigenvalue weighted by molar-refractivity contribution is 5.77. The molecule has 0 aliphatic heterocycles. The number of hydrogen-bond acceptors (Lipinski definition) is 3. The van der Waals surface area contributed by atoms with Gasteiger partial charge in [-0.2, -0.15) is 0 Å². The first-order chi connectivity index (χ1) is 10.1. The number of benzene rings is 1. The second-order valence-electron chi connectivity index (χ2n) is 6.65. The molecule has 1 aromatic carbocycles. The van der Waals surface area contributed by atoms with Crippen molar-refractivity contribution in [3.63, 3.8) is 0 Å². The minimum atomic E-state index is -0.0539. The fourth-order valence-corrected chi connectivity index (χ4v) is 3.42. The van der Waals surface area contributed by atoms with Crippen LogP contribution in [0.4, 0.5) is 0 Å². The summed E-state index contributed by atoms with van der Waals surface area (Å²) in [6.45, 7) is 3.22. The fraction of sp³-hybridized carbons (Fsp3) is 0.556. The van der Waals surface area contributed by atoms with Crippen LogP contribution in [0.25, 0.3) is 11.0 Å². The first-order valence-corrected chi connectivity index (χ1v) is 8.08. The molecule has 0 radical (unpaired) electrons. The van der Waals surface area contributed by atoms with Gasteiger partial charge in [0.15, 0.2) is 0 Å². The molecule has 1 aromatic heterocycles. The summed E-state index contributed by atoms with van der Waals surface area (Å²) in [5.41, 5.74) is 7.29. The Morgan fingerprint density at radius 3 is 2.67 bits per heavy atom. The van der Waals surface area contributed by atoms with Crippen molar-refractivity contribution in [3.8, 4) is 0 Å². The van der Waals surface area contributed by atoms with Gasteiger partial charge >= 0.3 is 0 Å². The van der Waals surface area contributed by atoms with Crippen molar-refractivity contribution in [1.82, 2.24) is 4.90 Å². The molecule has 1 atom stereocenters. The maximum Gasteiger partial charge on any atom is 0.134 e. The Labute approximate surface area is 127 Å². The van der Waals surface area contributed by atoms with Crippen LogP contribution in [0.5, 0.6) is 0 Å². The number of nitrogens with zero attached hydrogens (tertiary/aromatic N) is 1. The number of hydrogen-bond donors (Lipinski definition) is 1. The van der Waals surface area contributed by atoms with Crippen LogP contribution >= 0.6 is 0 Å². The maximum atomic E-state index is 6.36. The minimum absolute atomic E-state index is 0.0539. The number of likely N-dealkylation sites (N-methyl/N-ethyl adjacent to an activating group) is 1. The lowest BCUT2D eigenvalue weighted by atomic mass is 9.86. The van der Waals surface area contributed by atoms with Gasteiger partial charge in [-0.05, 0) is 50.8 Å². The lowest BCUT2D eigenvalue weighted by Gasteiger charge is -2.34. The Hall–Kier alpha value is -1.32. The second-order valence-corrected chi connectivity index (χ2v) is 6.65. The summed E-state index contributed by atoms with van der Waals surface area (Å²) in [7, 11) is 2.20. The van der Waals surface area contributed by atoms with Crippen molar-refractivity contribution in [2.45, 2.75) is 44.7 Å². The van der Waals surface area contributed by atoms with E-state index < -0.39 is 0 Å². The highest BCUT2D eigenvalue weighted by atomic mass is 16.3. The van der Waals surface area contributed by atoms with Gasteiger partial charge < -0.3 is 15.1 Å². The summed E-state index contributed by atoms with van der Waals surface area (Å²) in [4.78, 5) is 2.42. The lowest BCUT2D eigenvalue weighted by molar-refractivity contribution is 0.159. The molecule has 1 fully saturated rings. The van der Waals surface area contributed by atoms with Crippen molar-refractivity contribution in [2.75, 3.05) is 13.6 Å². The van der Waals surface area contributed by atoms with Gasteiger partial charge in [-0.1, -0.05) is 25.1 Å². The van der Waals surface area contributed by atoms with E-state index in [1.165, 1.54) is 25.7 Å². The van der Waals surface area contributed by atoms with E-state index in [4.69, 9.17) is 10.2 Å². The molecular weight excluding hydrogens is 260 g/mol. The Bertz CT molecular complexity index is 551. The third kappa shape index (κ3) is 3.30. The van der Waals surface area contributed by atoms with Crippen LogP contribution in [-0.4, -0.2) is 24.5 Å².